The third-order valence-corrected chi connectivity index (χ3v) is 3.36. The van der Waals surface area contributed by atoms with Gasteiger partial charge in [-0.05, 0) is 18.8 Å². The van der Waals surface area contributed by atoms with Crippen molar-refractivity contribution in [3.05, 3.63) is 48.1 Å². The first-order valence-electron chi connectivity index (χ1n) is 5.75. The first-order valence-corrected chi connectivity index (χ1v) is 5.75. The van der Waals surface area contributed by atoms with Crippen LogP contribution in [0.25, 0.3) is 0 Å². The van der Waals surface area contributed by atoms with Crippen molar-refractivity contribution in [1.29, 1.82) is 0 Å². The molecule has 2 rings (SSSR count). The first kappa shape index (κ1) is 10.4. The van der Waals surface area contributed by atoms with E-state index >= 15 is 0 Å². The molecule has 15 heavy (non-hydrogen) atoms. The zero-order valence-corrected chi connectivity index (χ0v) is 9.27. The van der Waals surface area contributed by atoms with Crippen molar-refractivity contribution in [2.75, 3.05) is 0 Å². The minimum atomic E-state index is 0.186. The van der Waals surface area contributed by atoms with Gasteiger partial charge in [0.25, 0.3) is 0 Å². The molecule has 0 spiro atoms. The molecule has 2 N–H and O–H groups in total. The molecule has 3 atom stereocenters. The molecule has 0 bridgehead atoms. The average molecular weight is 201 g/mol. The maximum atomic E-state index is 6.33. The van der Waals surface area contributed by atoms with Crippen molar-refractivity contribution < 1.29 is 0 Å². The SMILES string of the molecule is CC1C=CC=CC1C(N)C1=CC=CCC1. The lowest BCUT2D eigenvalue weighted by atomic mass is 9.79. The molecule has 0 amide bonds. The summed E-state index contributed by atoms with van der Waals surface area (Å²) in [6.45, 7) is 2.24. The van der Waals surface area contributed by atoms with E-state index in [1.165, 1.54) is 5.57 Å². The molecular formula is C14H19N. The normalized spacial score (nSPS) is 31.5. The molecular weight excluding hydrogens is 182 g/mol. The number of allylic oxidation sites excluding steroid dienone is 6. The zero-order valence-electron chi connectivity index (χ0n) is 9.27. The Labute approximate surface area is 92.1 Å². The van der Waals surface area contributed by atoms with Crippen LogP contribution in [-0.2, 0) is 0 Å². The molecule has 0 aromatic heterocycles. The highest BCUT2D eigenvalue weighted by Gasteiger charge is 2.24. The van der Waals surface area contributed by atoms with E-state index < -0.39 is 0 Å². The lowest BCUT2D eigenvalue weighted by molar-refractivity contribution is 0.440. The van der Waals surface area contributed by atoms with Crippen LogP contribution in [0.5, 0.6) is 0 Å². The molecule has 3 unspecified atom stereocenters. The van der Waals surface area contributed by atoms with Crippen LogP contribution in [-0.4, -0.2) is 6.04 Å². The van der Waals surface area contributed by atoms with Gasteiger partial charge in [-0.25, -0.2) is 0 Å². The van der Waals surface area contributed by atoms with Crippen LogP contribution in [0.15, 0.2) is 48.1 Å². The van der Waals surface area contributed by atoms with Crippen molar-refractivity contribution in [2.24, 2.45) is 17.6 Å². The molecule has 1 heteroatoms. The molecule has 80 valence electrons. The minimum Gasteiger partial charge on any atom is -0.324 e. The third kappa shape index (κ3) is 2.29. The van der Waals surface area contributed by atoms with Gasteiger partial charge in [0.2, 0.25) is 0 Å². The van der Waals surface area contributed by atoms with E-state index in [1.807, 2.05) is 0 Å². The maximum absolute atomic E-state index is 6.33. The number of nitrogens with two attached hydrogens (primary N) is 1. The number of hydrogen-bond donors (Lipinski definition) is 1. The first-order chi connectivity index (χ1) is 7.29. The maximum Gasteiger partial charge on any atom is 0.0326 e. The molecule has 0 heterocycles. The number of rotatable bonds is 2. The minimum absolute atomic E-state index is 0.186. The number of hydrogen-bond acceptors (Lipinski definition) is 1. The van der Waals surface area contributed by atoms with Gasteiger partial charge in [-0.2, -0.15) is 0 Å². The molecule has 0 saturated carbocycles. The Bertz CT molecular complexity index is 333. The van der Waals surface area contributed by atoms with Crippen molar-refractivity contribution >= 4 is 0 Å². The standard InChI is InChI=1S/C14H19N/c1-11-7-5-6-10-13(11)14(15)12-8-3-2-4-9-12/h2-3,5-8,10-11,13-14H,4,9,15H2,1H3. The molecule has 0 aliphatic heterocycles. The van der Waals surface area contributed by atoms with Crippen LogP contribution in [0, 0.1) is 11.8 Å². The molecule has 0 radical (unpaired) electrons. The van der Waals surface area contributed by atoms with Crippen molar-refractivity contribution in [2.45, 2.75) is 25.8 Å². The van der Waals surface area contributed by atoms with E-state index in [9.17, 15) is 0 Å². The summed E-state index contributed by atoms with van der Waals surface area (Å²) in [5.41, 5.74) is 7.72. The van der Waals surface area contributed by atoms with Crippen LogP contribution in [0.2, 0.25) is 0 Å². The average Bonchev–Trinajstić information content (AvgIpc) is 2.30. The second kappa shape index (κ2) is 4.63. The topological polar surface area (TPSA) is 26.0 Å². The molecule has 0 aromatic carbocycles. The van der Waals surface area contributed by atoms with E-state index in [4.69, 9.17) is 5.73 Å². The third-order valence-electron chi connectivity index (χ3n) is 3.36. The Morgan fingerprint density at radius 3 is 2.73 bits per heavy atom. The molecule has 0 fully saturated rings. The van der Waals surface area contributed by atoms with Gasteiger partial charge in [0.05, 0.1) is 0 Å². The molecule has 0 aromatic rings. The van der Waals surface area contributed by atoms with Gasteiger partial charge in [0.1, 0.15) is 0 Å². The van der Waals surface area contributed by atoms with Gasteiger partial charge in [-0.1, -0.05) is 55.0 Å². The predicted octanol–water partition coefficient (Wildman–Crippen LogP) is 2.97. The van der Waals surface area contributed by atoms with Crippen molar-refractivity contribution in [3.8, 4) is 0 Å². The van der Waals surface area contributed by atoms with Gasteiger partial charge in [0, 0.05) is 12.0 Å². The fourth-order valence-corrected chi connectivity index (χ4v) is 2.33. The van der Waals surface area contributed by atoms with Crippen LogP contribution >= 0.6 is 0 Å². The van der Waals surface area contributed by atoms with Gasteiger partial charge < -0.3 is 5.73 Å². The highest BCUT2D eigenvalue weighted by molar-refractivity contribution is 5.27. The van der Waals surface area contributed by atoms with Gasteiger partial charge in [-0.15, -0.1) is 0 Å². The van der Waals surface area contributed by atoms with E-state index in [0.717, 1.165) is 12.8 Å². The predicted molar refractivity (Wildman–Crippen MR) is 65.4 cm³/mol. The smallest absolute Gasteiger partial charge is 0.0326 e. The van der Waals surface area contributed by atoms with Gasteiger partial charge in [-0.3, -0.25) is 0 Å². The van der Waals surface area contributed by atoms with Crippen LogP contribution in [0.1, 0.15) is 19.8 Å². The van der Waals surface area contributed by atoms with Crippen LogP contribution in [0.3, 0.4) is 0 Å². The summed E-state index contributed by atoms with van der Waals surface area (Å²) in [6.07, 6.45) is 17.5. The summed E-state index contributed by atoms with van der Waals surface area (Å²) < 4.78 is 0. The highest BCUT2D eigenvalue weighted by Crippen LogP contribution is 2.28. The highest BCUT2D eigenvalue weighted by atomic mass is 14.7. The Kier molecular flexibility index (Phi) is 3.22. The van der Waals surface area contributed by atoms with E-state index in [1.54, 1.807) is 0 Å². The fourth-order valence-electron chi connectivity index (χ4n) is 2.33. The summed E-state index contributed by atoms with van der Waals surface area (Å²) >= 11 is 0. The van der Waals surface area contributed by atoms with E-state index in [2.05, 4.69) is 49.5 Å². The zero-order chi connectivity index (χ0) is 10.7. The lowest BCUT2D eigenvalue weighted by Crippen LogP contribution is -2.35. The quantitative estimate of drug-likeness (QED) is 0.730. The summed E-state index contributed by atoms with van der Waals surface area (Å²) in [5, 5.41) is 0. The van der Waals surface area contributed by atoms with Gasteiger partial charge >= 0.3 is 0 Å². The molecule has 2 aliphatic rings. The van der Waals surface area contributed by atoms with Crippen LogP contribution < -0.4 is 5.73 Å². The molecule has 2 aliphatic carbocycles. The van der Waals surface area contributed by atoms with Crippen LogP contribution in [0.4, 0.5) is 0 Å². The Hall–Kier alpha value is -1.08. The monoisotopic (exact) mass is 201 g/mol. The van der Waals surface area contributed by atoms with E-state index in [-0.39, 0.29) is 6.04 Å². The Morgan fingerprint density at radius 2 is 2.07 bits per heavy atom. The summed E-state index contributed by atoms with van der Waals surface area (Å²) in [5.74, 6) is 1.02. The van der Waals surface area contributed by atoms with Crippen molar-refractivity contribution in [3.63, 3.8) is 0 Å². The second-order valence-electron chi connectivity index (χ2n) is 4.44. The second-order valence-corrected chi connectivity index (χ2v) is 4.44. The summed E-state index contributed by atoms with van der Waals surface area (Å²) in [7, 11) is 0. The fraction of sp³-hybridized carbons (Fsp3) is 0.429. The molecule has 0 saturated heterocycles. The Morgan fingerprint density at radius 1 is 1.27 bits per heavy atom. The lowest BCUT2D eigenvalue weighted by Gasteiger charge is -2.29. The molecule has 1 nitrogen and oxygen atoms in total. The van der Waals surface area contributed by atoms with Crippen molar-refractivity contribution in [1.82, 2.24) is 0 Å². The largest absolute Gasteiger partial charge is 0.324 e. The Balaban J connectivity index is 2.10. The van der Waals surface area contributed by atoms with Gasteiger partial charge in [0.15, 0.2) is 0 Å². The summed E-state index contributed by atoms with van der Waals surface area (Å²) in [4.78, 5) is 0. The van der Waals surface area contributed by atoms with E-state index in [0.29, 0.717) is 11.8 Å². The summed E-state index contributed by atoms with van der Waals surface area (Å²) in [6, 6.07) is 0.186.